The van der Waals surface area contributed by atoms with E-state index in [1.54, 1.807) is 6.92 Å². The van der Waals surface area contributed by atoms with Crippen LogP contribution >= 0.6 is 0 Å². The number of hydrogen-bond acceptors (Lipinski definition) is 1. The van der Waals surface area contributed by atoms with Crippen LogP contribution < -0.4 is 0 Å². The normalized spacial score (nSPS) is 10.0. The van der Waals surface area contributed by atoms with Crippen LogP contribution in [0.15, 0.2) is 0 Å². The Hall–Kier alpha value is -0.370. The van der Waals surface area contributed by atoms with Crippen LogP contribution in [0.2, 0.25) is 0 Å². The Morgan fingerprint density at radius 3 is 1.36 bits per heavy atom. The molecule has 0 aliphatic carbocycles. The number of quaternary nitrogens is 1. The Labute approximate surface area is 70.8 Å². The Balaban J connectivity index is 0. The number of hydrogen-bond donors (Lipinski definition) is 0. The van der Waals surface area contributed by atoms with Crippen molar-refractivity contribution < 1.29 is 9.28 Å². The van der Waals surface area contributed by atoms with Crippen LogP contribution in [0.4, 0.5) is 0 Å². The molecule has 0 aliphatic heterocycles. The summed E-state index contributed by atoms with van der Waals surface area (Å²) < 4.78 is 1.07. The van der Waals surface area contributed by atoms with E-state index in [2.05, 4.69) is 28.1 Å². The minimum atomic E-state index is 0.255. The number of carbonyl (C=O) groups excluding carboxylic acids is 1. The van der Waals surface area contributed by atoms with Gasteiger partial charge in [-0.15, -0.1) is 0 Å². The van der Waals surface area contributed by atoms with Gasteiger partial charge in [0.05, 0.1) is 27.7 Å². The molecule has 0 aromatic carbocycles. The number of rotatable bonds is 2. The highest BCUT2D eigenvalue weighted by atomic mass is 16.1. The molecule has 0 radical (unpaired) electrons. The zero-order chi connectivity index (χ0) is 9.49. The molecule has 0 aliphatic rings. The summed E-state index contributed by atoms with van der Waals surface area (Å²) in [4.78, 5) is 9.81. The van der Waals surface area contributed by atoms with Crippen LogP contribution in [0.5, 0.6) is 0 Å². The third-order valence-corrected chi connectivity index (χ3v) is 1.45. The van der Waals surface area contributed by atoms with Crippen LogP contribution in [-0.4, -0.2) is 38.0 Å². The fourth-order valence-corrected chi connectivity index (χ4v) is 0. The van der Waals surface area contributed by atoms with Gasteiger partial charge in [-0.25, -0.2) is 0 Å². The Morgan fingerprint density at radius 1 is 1.18 bits per heavy atom. The van der Waals surface area contributed by atoms with Gasteiger partial charge in [0.2, 0.25) is 0 Å². The predicted molar refractivity (Wildman–Crippen MR) is 49.5 cm³/mol. The summed E-state index contributed by atoms with van der Waals surface area (Å²) in [5, 5.41) is 0. The maximum absolute atomic E-state index is 9.81. The third-order valence-electron chi connectivity index (χ3n) is 1.45. The molecule has 0 saturated heterocycles. The first-order valence-corrected chi connectivity index (χ1v) is 4.13. The highest BCUT2D eigenvalue weighted by Crippen LogP contribution is 1.83. The average Bonchev–Trinajstić information content (AvgIpc) is 1.88. The fourth-order valence-electron chi connectivity index (χ4n) is 0. The van der Waals surface area contributed by atoms with Crippen LogP contribution in [0.3, 0.4) is 0 Å². The second kappa shape index (κ2) is 6.35. The van der Waals surface area contributed by atoms with Crippen molar-refractivity contribution in [1.29, 1.82) is 0 Å². The van der Waals surface area contributed by atoms with Gasteiger partial charge < -0.3 is 9.28 Å². The topological polar surface area (TPSA) is 17.1 Å². The van der Waals surface area contributed by atoms with Gasteiger partial charge in [-0.2, -0.15) is 0 Å². The Morgan fingerprint density at radius 2 is 1.36 bits per heavy atom. The molecule has 0 aromatic heterocycles. The zero-order valence-corrected chi connectivity index (χ0v) is 8.77. The van der Waals surface area contributed by atoms with E-state index in [-0.39, 0.29) is 5.78 Å². The van der Waals surface area contributed by atoms with E-state index in [0.29, 0.717) is 6.42 Å². The van der Waals surface area contributed by atoms with E-state index in [0.717, 1.165) is 4.48 Å². The van der Waals surface area contributed by atoms with Crippen LogP contribution in [0.25, 0.3) is 0 Å². The van der Waals surface area contributed by atoms with Crippen molar-refractivity contribution >= 4 is 5.78 Å². The summed E-state index contributed by atoms with van der Waals surface area (Å²) in [6.07, 6.45) is 0.667. The lowest BCUT2D eigenvalue weighted by molar-refractivity contribution is -0.868. The van der Waals surface area contributed by atoms with Gasteiger partial charge in [-0.05, 0) is 13.8 Å². The van der Waals surface area contributed by atoms with Gasteiger partial charge in [0.1, 0.15) is 5.78 Å². The fraction of sp³-hybridized carbons (Fsp3) is 0.889. The molecule has 0 rings (SSSR count). The standard InChI is InChI=1S/C5H14N.C4H8O/c1-5-6(2,3)4;1-3-4(2)5/h5H2,1-4H3;3H2,1-2H3/q+1;. The van der Waals surface area contributed by atoms with Gasteiger partial charge in [0, 0.05) is 6.42 Å². The van der Waals surface area contributed by atoms with Gasteiger partial charge in [-0.1, -0.05) is 6.92 Å². The molecule has 0 aromatic rings. The molecular weight excluding hydrogens is 138 g/mol. The van der Waals surface area contributed by atoms with Crippen LogP contribution in [0.1, 0.15) is 27.2 Å². The lowest BCUT2D eigenvalue weighted by Crippen LogP contribution is -2.33. The molecule has 68 valence electrons. The molecule has 0 atom stereocenters. The Bertz CT molecular complexity index is 103. The zero-order valence-electron chi connectivity index (χ0n) is 8.77. The number of nitrogens with zero attached hydrogens (tertiary/aromatic N) is 1. The van der Waals surface area contributed by atoms with Gasteiger partial charge >= 0.3 is 0 Å². The minimum absolute atomic E-state index is 0.255. The molecule has 2 heteroatoms. The van der Waals surface area contributed by atoms with Gasteiger partial charge in [-0.3, -0.25) is 0 Å². The monoisotopic (exact) mass is 160 g/mol. The van der Waals surface area contributed by atoms with Gasteiger partial charge in [0.15, 0.2) is 0 Å². The summed E-state index contributed by atoms with van der Waals surface area (Å²) in [5.74, 6) is 0.255. The van der Waals surface area contributed by atoms with Crippen molar-refractivity contribution in [2.45, 2.75) is 27.2 Å². The van der Waals surface area contributed by atoms with E-state index < -0.39 is 0 Å². The first kappa shape index (κ1) is 13.2. The number of carbonyl (C=O) groups is 1. The predicted octanol–water partition coefficient (Wildman–Crippen LogP) is 1.70. The first-order valence-electron chi connectivity index (χ1n) is 4.13. The van der Waals surface area contributed by atoms with Crippen molar-refractivity contribution in [3.05, 3.63) is 0 Å². The van der Waals surface area contributed by atoms with E-state index in [9.17, 15) is 4.79 Å². The maximum atomic E-state index is 9.81. The van der Waals surface area contributed by atoms with Crippen molar-refractivity contribution in [2.75, 3.05) is 27.7 Å². The van der Waals surface area contributed by atoms with Crippen LogP contribution in [-0.2, 0) is 4.79 Å². The maximum Gasteiger partial charge on any atom is 0.129 e. The molecular formula is C9H22NO+. The van der Waals surface area contributed by atoms with Crippen molar-refractivity contribution in [3.8, 4) is 0 Å². The minimum Gasteiger partial charge on any atom is -0.331 e. The Kier molecular flexibility index (Phi) is 7.64. The molecule has 2 nitrogen and oxygen atoms in total. The van der Waals surface area contributed by atoms with Crippen molar-refractivity contribution in [2.24, 2.45) is 0 Å². The van der Waals surface area contributed by atoms with Crippen molar-refractivity contribution in [1.82, 2.24) is 0 Å². The molecule has 0 amide bonds. The van der Waals surface area contributed by atoms with Gasteiger partial charge in [0.25, 0.3) is 0 Å². The third kappa shape index (κ3) is 26.2. The first-order chi connectivity index (χ1) is 4.83. The summed E-state index contributed by atoms with van der Waals surface area (Å²) in [6, 6.07) is 0. The second-order valence-electron chi connectivity index (χ2n) is 3.66. The molecule has 11 heavy (non-hydrogen) atoms. The van der Waals surface area contributed by atoms with E-state index >= 15 is 0 Å². The highest BCUT2D eigenvalue weighted by Gasteiger charge is 1.97. The largest absolute Gasteiger partial charge is 0.331 e. The molecule has 0 saturated carbocycles. The lowest BCUT2D eigenvalue weighted by atomic mass is 10.4. The quantitative estimate of drug-likeness (QED) is 0.562. The van der Waals surface area contributed by atoms with E-state index in [4.69, 9.17) is 0 Å². The molecule has 0 spiro atoms. The number of Topliss-reactive ketones (excluding diaryl/α,β-unsaturated/α-hetero) is 1. The molecule has 0 fully saturated rings. The average molecular weight is 160 g/mol. The number of ketones is 1. The van der Waals surface area contributed by atoms with E-state index in [1.807, 2.05) is 6.92 Å². The second-order valence-corrected chi connectivity index (χ2v) is 3.66. The summed E-state index contributed by atoms with van der Waals surface area (Å²) in [5.41, 5.74) is 0. The smallest absolute Gasteiger partial charge is 0.129 e. The van der Waals surface area contributed by atoms with Crippen LogP contribution in [0, 0.1) is 0 Å². The summed E-state index contributed by atoms with van der Waals surface area (Å²) in [6.45, 7) is 6.82. The molecule has 0 bridgehead atoms. The van der Waals surface area contributed by atoms with Crippen molar-refractivity contribution in [3.63, 3.8) is 0 Å². The summed E-state index contributed by atoms with van der Waals surface area (Å²) in [7, 11) is 6.54. The molecule has 0 unspecified atom stereocenters. The molecule has 0 N–H and O–H groups in total. The highest BCUT2D eigenvalue weighted by molar-refractivity contribution is 5.74. The SMILES string of the molecule is CCC(C)=O.CC[N+](C)(C)C. The van der Waals surface area contributed by atoms with E-state index in [1.165, 1.54) is 6.54 Å². The lowest BCUT2D eigenvalue weighted by Gasteiger charge is -2.20. The summed E-state index contributed by atoms with van der Waals surface area (Å²) >= 11 is 0. The molecule has 0 heterocycles.